The van der Waals surface area contributed by atoms with Crippen LogP contribution in [-0.2, 0) is 15.6 Å². The highest BCUT2D eigenvalue weighted by atomic mass is 32.2. The first kappa shape index (κ1) is 12.6. The van der Waals surface area contributed by atoms with E-state index in [-0.39, 0.29) is 5.91 Å². The molecule has 0 saturated heterocycles. The summed E-state index contributed by atoms with van der Waals surface area (Å²) in [5.74, 6) is 0.990. The van der Waals surface area contributed by atoms with Gasteiger partial charge in [-0.1, -0.05) is 13.8 Å². The van der Waals surface area contributed by atoms with E-state index in [2.05, 4.69) is 5.32 Å². The van der Waals surface area contributed by atoms with Crippen molar-refractivity contribution in [3.8, 4) is 0 Å². The van der Waals surface area contributed by atoms with Crippen LogP contribution in [0.1, 0.15) is 20.3 Å². The van der Waals surface area contributed by atoms with Crippen LogP contribution in [0.3, 0.4) is 0 Å². The Balaban J connectivity index is 3.53. The SMILES string of the molecule is CC[C@@H](N)C(=O)NCCS(=O)CC. The molecule has 0 aliphatic rings. The van der Waals surface area contributed by atoms with Crippen molar-refractivity contribution in [2.45, 2.75) is 26.3 Å². The number of hydrogen-bond acceptors (Lipinski definition) is 3. The number of rotatable bonds is 6. The van der Waals surface area contributed by atoms with Gasteiger partial charge in [-0.25, -0.2) is 0 Å². The molecule has 0 aromatic heterocycles. The maximum atomic E-state index is 11.1. The molecule has 1 unspecified atom stereocenters. The average Bonchev–Trinajstić information content (AvgIpc) is 2.15. The molecule has 0 saturated carbocycles. The molecule has 0 spiro atoms. The van der Waals surface area contributed by atoms with Crippen LogP contribution in [0.15, 0.2) is 0 Å². The van der Waals surface area contributed by atoms with Crippen LogP contribution in [0.4, 0.5) is 0 Å². The van der Waals surface area contributed by atoms with Crippen LogP contribution < -0.4 is 11.1 Å². The zero-order chi connectivity index (χ0) is 10.3. The van der Waals surface area contributed by atoms with Crippen LogP contribution in [0, 0.1) is 0 Å². The summed E-state index contributed by atoms with van der Waals surface area (Å²) in [5, 5.41) is 2.64. The van der Waals surface area contributed by atoms with E-state index in [1.807, 2.05) is 13.8 Å². The van der Waals surface area contributed by atoms with Gasteiger partial charge < -0.3 is 11.1 Å². The van der Waals surface area contributed by atoms with E-state index in [4.69, 9.17) is 5.73 Å². The van der Waals surface area contributed by atoms with Gasteiger partial charge in [-0.2, -0.15) is 0 Å². The highest BCUT2D eigenvalue weighted by molar-refractivity contribution is 7.84. The van der Waals surface area contributed by atoms with Crippen molar-refractivity contribution in [2.75, 3.05) is 18.1 Å². The summed E-state index contributed by atoms with van der Waals surface area (Å²) >= 11 is 0. The van der Waals surface area contributed by atoms with Crippen molar-refractivity contribution < 1.29 is 9.00 Å². The summed E-state index contributed by atoms with van der Waals surface area (Å²) in [6.07, 6.45) is 0.628. The van der Waals surface area contributed by atoms with E-state index in [1.54, 1.807) is 0 Å². The Morgan fingerprint density at radius 1 is 1.54 bits per heavy atom. The summed E-state index contributed by atoms with van der Waals surface area (Å²) in [7, 11) is -0.814. The Labute approximate surface area is 81.7 Å². The molecule has 4 nitrogen and oxygen atoms in total. The molecule has 1 amide bonds. The lowest BCUT2D eigenvalue weighted by Crippen LogP contribution is -2.41. The monoisotopic (exact) mass is 206 g/mol. The van der Waals surface area contributed by atoms with Gasteiger partial charge in [-0.15, -0.1) is 0 Å². The van der Waals surface area contributed by atoms with Crippen molar-refractivity contribution >= 4 is 16.7 Å². The zero-order valence-electron chi connectivity index (χ0n) is 8.21. The van der Waals surface area contributed by atoms with Gasteiger partial charge in [-0.3, -0.25) is 9.00 Å². The fourth-order valence-electron chi connectivity index (χ4n) is 0.749. The predicted molar refractivity (Wildman–Crippen MR) is 54.8 cm³/mol. The third-order valence-electron chi connectivity index (χ3n) is 1.73. The summed E-state index contributed by atoms with van der Waals surface area (Å²) < 4.78 is 11.0. The number of hydrogen-bond donors (Lipinski definition) is 2. The van der Waals surface area contributed by atoms with Gasteiger partial charge >= 0.3 is 0 Å². The lowest BCUT2D eigenvalue weighted by molar-refractivity contribution is -0.122. The third-order valence-corrected chi connectivity index (χ3v) is 3.03. The molecule has 0 heterocycles. The Hall–Kier alpha value is -0.420. The Morgan fingerprint density at radius 3 is 2.62 bits per heavy atom. The van der Waals surface area contributed by atoms with E-state index in [0.29, 0.717) is 24.5 Å². The minimum Gasteiger partial charge on any atom is -0.354 e. The lowest BCUT2D eigenvalue weighted by Gasteiger charge is -2.09. The second-order valence-corrected chi connectivity index (χ2v) is 4.60. The van der Waals surface area contributed by atoms with E-state index in [0.717, 1.165) is 0 Å². The van der Waals surface area contributed by atoms with Crippen molar-refractivity contribution in [3.05, 3.63) is 0 Å². The van der Waals surface area contributed by atoms with E-state index < -0.39 is 16.8 Å². The summed E-state index contributed by atoms with van der Waals surface area (Å²) in [6.45, 7) is 4.16. The quantitative estimate of drug-likeness (QED) is 0.621. The fraction of sp³-hybridized carbons (Fsp3) is 0.875. The molecule has 0 radical (unpaired) electrons. The van der Waals surface area contributed by atoms with Crippen LogP contribution >= 0.6 is 0 Å². The van der Waals surface area contributed by atoms with E-state index >= 15 is 0 Å². The second kappa shape index (κ2) is 7.03. The molecule has 0 aliphatic heterocycles. The molecule has 0 fully saturated rings. The minimum absolute atomic E-state index is 0.157. The number of nitrogens with two attached hydrogens (primary N) is 1. The van der Waals surface area contributed by atoms with Crippen LogP contribution in [0.2, 0.25) is 0 Å². The van der Waals surface area contributed by atoms with Crippen molar-refractivity contribution in [1.82, 2.24) is 5.32 Å². The maximum absolute atomic E-state index is 11.1. The van der Waals surface area contributed by atoms with Gasteiger partial charge in [0, 0.05) is 28.9 Å². The molecule has 0 rings (SSSR count). The molecule has 0 aromatic carbocycles. The summed E-state index contributed by atoms with van der Waals surface area (Å²) in [6, 6.07) is -0.435. The van der Waals surface area contributed by atoms with Crippen LogP contribution in [0.25, 0.3) is 0 Å². The van der Waals surface area contributed by atoms with Gasteiger partial charge in [0.25, 0.3) is 0 Å². The molecule has 2 atom stereocenters. The van der Waals surface area contributed by atoms with E-state index in [9.17, 15) is 9.00 Å². The average molecular weight is 206 g/mol. The Kier molecular flexibility index (Phi) is 6.80. The molecule has 5 heteroatoms. The van der Waals surface area contributed by atoms with Crippen molar-refractivity contribution in [2.24, 2.45) is 5.73 Å². The summed E-state index contributed by atoms with van der Waals surface area (Å²) in [4.78, 5) is 11.1. The minimum atomic E-state index is -0.814. The number of carbonyl (C=O) groups excluding carboxylic acids is 1. The second-order valence-electron chi connectivity index (χ2n) is 2.74. The molecule has 0 bridgehead atoms. The molecular formula is C8H18N2O2S. The number of carbonyl (C=O) groups is 1. The van der Waals surface area contributed by atoms with Gasteiger partial charge in [0.15, 0.2) is 0 Å². The van der Waals surface area contributed by atoms with Crippen LogP contribution in [-0.4, -0.2) is 34.2 Å². The van der Waals surface area contributed by atoms with Gasteiger partial charge in [0.05, 0.1) is 6.04 Å². The first-order valence-electron chi connectivity index (χ1n) is 4.50. The number of amides is 1. The van der Waals surface area contributed by atoms with Gasteiger partial charge in [0.1, 0.15) is 0 Å². The lowest BCUT2D eigenvalue weighted by atomic mass is 10.2. The Bertz CT molecular complexity index is 185. The van der Waals surface area contributed by atoms with Crippen LogP contribution in [0.5, 0.6) is 0 Å². The fourth-order valence-corrected chi connectivity index (χ4v) is 1.37. The third kappa shape index (κ3) is 5.76. The summed E-state index contributed by atoms with van der Waals surface area (Å²) in [5.41, 5.74) is 5.48. The molecule has 0 aromatic rings. The molecule has 13 heavy (non-hydrogen) atoms. The normalized spacial score (nSPS) is 15.0. The van der Waals surface area contributed by atoms with Crippen molar-refractivity contribution in [1.29, 1.82) is 0 Å². The van der Waals surface area contributed by atoms with Gasteiger partial charge in [0.2, 0.25) is 5.91 Å². The largest absolute Gasteiger partial charge is 0.354 e. The molecule has 78 valence electrons. The van der Waals surface area contributed by atoms with Crippen molar-refractivity contribution in [3.63, 3.8) is 0 Å². The predicted octanol–water partition coefficient (Wildman–Crippen LogP) is -0.391. The standard InChI is InChI=1S/C8H18N2O2S/c1-3-7(9)8(11)10-5-6-13(12)4-2/h7H,3-6,9H2,1-2H3,(H,10,11)/t7-,13?/m1/s1. The smallest absolute Gasteiger partial charge is 0.236 e. The Morgan fingerprint density at radius 2 is 2.15 bits per heavy atom. The number of nitrogens with one attached hydrogen (secondary N) is 1. The highest BCUT2D eigenvalue weighted by Crippen LogP contribution is 1.85. The van der Waals surface area contributed by atoms with Gasteiger partial charge in [-0.05, 0) is 6.42 Å². The van der Waals surface area contributed by atoms with E-state index in [1.165, 1.54) is 0 Å². The molecule has 3 N–H and O–H groups in total. The first-order chi connectivity index (χ1) is 6.11. The maximum Gasteiger partial charge on any atom is 0.236 e. The first-order valence-corrected chi connectivity index (χ1v) is 5.98. The zero-order valence-corrected chi connectivity index (χ0v) is 9.02. The molecular weight excluding hydrogens is 188 g/mol. The highest BCUT2D eigenvalue weighted by Gasteiger charge is 2.09. The molecule has 0 aliphatic carbocycles. The topological polar surface area (TPSA) is 72.2 Å².